The van der Waals surface area contributed by atoms with Gasteiger partial charge >= 0.3 is 0 Å². The van der Waals surface area contributed by atoms with Gasteiger partial charge < -0.3 is 10.1 Å². The first-order chi connectivity index (χ1) is 12.4. The van der Waals surface area contributed by atoms with E-state index in [9.17, 15) is 4.79 Å². The molecule has 1 aromatic carbocycles. The van der Waals surface area contributed by atoms with Crippen LogP contribution in [0.15, 0.2) is 23.2 Å². The zero-order valence-electron chi connectivity index (χ0n) is 14.8. The lowest BCUT2D eigenvalue weighted by Crippen LogP contribution is -2.15. The van der Waals surface area contributed by atoms with Crippen molar-refractivity contribution in [1.82, 2.24) is 9.97 Å². The molecule has 8 heteroatoms. The van der Waals surface area contributed by atoms with Crippen LogP contribution in [0.1, 0.15) is 16.3 Å². The van der Waals surface area contributed by atoms with E-state index in [1.807, 2.05) is 6.92 Å². The number of thiophene rings is 1. The van der Waals surface area contributed by atoms with Gasteiger partial charge in [0.2, 0.25) is 5.91 Å². The van der Waals surface area contributed by atoms with Crippen molar-refractivity contribution in [3.63, 3.8) is 0 Å². The third-order valence-corrected chi connectivity index (χ3v) is 6.19. The van der Waals surface area contributed by atoms with Crippen LogP contribution in [0, 0.1) is 20.8 Å². The summed E-state index contributed by atoms with van der Waals surface area (Å²) in [5.74, 6) is 1.36. The zero-order valence-corrected chi connectivity index (χ0v) is 17.2. The van der Waals surface area contributed by atoms with Crippen LogP contribution >= 0.6 is 34.7 Å². The third kappa shape index (κ3) is 3.95. The second-order valence-corrected chi connectivity index (χ2v) is 8.32. The maximum Gasteiger partial charge on any atom is 0.234 e. The number of benzene rings is 1. The number of aromatic nitrogens is 2. The third-order valence-electron chi connectivity index (χ3n) is 3.88. The molecule has 5 nitrogen and oxygen atoms in total. The van der Waals surface area contributed by atoms with E-state index in [1.54, 1.807) is 36.6 Å². The number of rotatable bonds is 5. The molecule has 0 radical (unpaired) electrons. The lowest BCUT2D eigenvalue weighted by atomic mass is 10.2. The number of ether oxygens (including phenoxy) is 1. The van der Waals surface area contributed by atoms with Crippen LogP contribution in [0.2, 0.25) is 5.02 Å². The summed E-state index contributed by atoms with van der Waals surface area (Å²) in [6.45, 7) is 6.00. The first-order valence-corrected chi connectivity index (χ1v) is 10.1. The predicted octanol–water partition coefficient (Wildman–Crippen LogP) is 5.01. The van der Waals surface area contributed by atoms with Crippen LogP contribution < -0.4 is 10.1 Å². The molecule has 0 aliphatic heterocycles. The fourth-order valence-corrected chi connectivity index (χ4v) is 4.76. The van der Waals surface area contributed by atoms with Crippen molar-refractivity contribution in [1.29, 1.82) is 0 Å². The second kappa shape index (κ2) is 7.82. The Labute approximate surface area is 165 Å². The van der Waals surface area contributed by atoms with Crippen molar-refractivity contribution in [3.05, 3.63) is 39.5 Å². The number of hydrogen-bond acceptors (Lipinski definition) is 6. The topological polar surface area (TPSA) is 64.1 Å². The maximum absolute atomic E-state index is 12.4. The Balaban J connectivity index is 1.78. The van der Waals surface area contributed by atoms with Gasteiger partial charge in [0, 0.05) is 15.3 Å². The number of hydrogen-bond donors (Lipinski definition) is 1. The Morgan fingerprint density at radius 3 is 2.81 bits per heavy atom. The highest BCUT2D eigenvalue weighted by molar-refractivity contribution is 8.00. The number of nitrogens with one attached hydrogen (secondary N) is 1. The highest BCUT2D eigenvalue weighted by atomic mass is 35.5. The van der Waals surface area contributed by atoms with Gasteiger partial charge in [-0.05, 0) is 44.5 Å². The molecule has 0 spiro atoms. The monoisotopic (exact) mass is 407 g/mol. The van der Waals surface area contributed by atoms with Crippen molar-refractivity contribution in [3.8, 4) is 5.75 Å². The van der Waals surface area contributed by atoms with E-state index < -0.39 is 0 Å². The van der Waals surface area contributed by atoms with Gasteiger partial charge in [0.1, 0.15) is 21.4 Å². The predicted molar refractivity (Wildman–Crippen MR) is 109 cm³/mol. The number of fused-ring (bicyclic) bond motifs is 1. The molecule has 2 heterocycles. The highest BCUT2D eigenvalue weighted by Crippen LogP contribution is 2.35. The van der Waals surface area contributed by atoms with Gasteiger partial charge in [0.15, 0.2) is 0 Å². The highest BCUT2D eigenvalue weighted by Gasteiger charge is 2.16. The first-order valence-electron chi connectivity index (χ1n) is 7.89. The summed E-state index contributed by atoms with van der Waals surface area (Å²) in [5, 5.41) is 5.25. The summed E-state index contributed by atoms with van der Waals surface area (Å²) in [7, 11) is 1.55. The number of amides is 1. The normalized spacial score (nSPS) is 11.0. The average molecular weight is 408 g/mol. The van der Waals surface area contributed by atoms with Gasteiger partial charge in [-0.15, -0.1) is 11.3 Å². The molecule has 136 valence electrons. The van der Waals surface area contributed by atoms with Crippen LogP contribution in [0.25, 0.3) is 10.2 Å². The van der Waals surface area contributed by atoms with Gasteiger partial charge in [-0.3, -0.25) is 4.79 Å². The molecule has 0 fully saturated rings. The van der Waals surface area contributed by atoms with Crippen molar-refractivity contribution >= 4 is 56.5 Å². The molecular formula is C18H18ClN3O2S2. The Morgan fingerprint density at radius 1 is 1.31 bits per heavy atom. The Hall–Kier alpha value is -1.83. The van der Waals surface area contributed by atoms with Crippen molar-refractivity contribution < 1.29 is 9.53 Å². The first kappa shape index (κ1) is 18.9. The summed E-state index contributed by atoms with van der Waals surface area (Å²) in [4.78, 5) is 23.6. The summed E-state index contributed by atoms with van der Waals surface area (Å²) in [5.41, 5.74) is 1.72. The van der Waals surface area contributed by atoms with Gasteiger partial charge in [-0.1, -0.05) is 23.4 Å². The molecule has 1 N–H and O–H groups in total. The standard InChI is InChI=1S/C18H18ClN3O2S2/c1-9-10(2)26-18-16(9)17(20-11(3)21-18)25-8-15(23)22-13-7-12(19)5-6-14(13)24-4/h5-7H,8H2,1-4H3,(H,22,23). The summed E-state index contributed by atoms with van der Waals surface area (Å²) < 4.78 is 5.26. The van der Waals surface area contributed by atoms with Gasteiger partial charge in [-0.25, -0.2) is 9.97 Å². The SMILES string of the molecule is COc1ccc(Cl)cc1NC(=O)CSc1nc(C)nc2sc(C)c(C)c12. The quantitative estimate of drug-likeness (QED) is 0.475. The smallest absolute Gasteiger partial charge is 0.234 e. The molecule has 0 aliphatic rings. The number of anilines is 1. The van der Waals surface area contributed by atoms with Crippen LogP contribution in [-0.2, 0) is 4.79 Å². The van der Waals surface area contributed by atoms with E-state index in [2.05, 4.69) is 29.1 Å². The van der Waals surface area contributed by atoms with E-state index >= 15 is 0 Å². The van der Waals surface area contributed by atoms with Crippen LogP contribution in [0.5, 0.6) is 5.75 Å². The summed E-state index contributed by atoms with van der Waals surface area (Å²) in [6.07, 6.45) is 0. The zero-order chi connectivity index (χ0) is 18.8. The molecule has 3 aromatic rings. The van der Waals surface area contributed by atoms with Crippen molar-refractivity contribution in [2.45, 2.75) is 25.8 Å². The minimum Gasteiger partial charge on any atom is -0.495 e. The molecule has 26 heavy (non-hydrogen) atoms. The fraction of sp³-hybridized carbons (Fsp3) is 0.278. The lowest BCUT2D eigenvalue weighted by Gasteiger charge is -2.10. The van der Waals surface area contributed by atoms with Gasteiger partial charge in [0.05, 0.1) is 18.6 Å². The number of aryl methyl sites for hydroxylation is 3. The second-order valence-electron chi connectivity index (χ2n) is 5.72. The fourth-order valence-electron chi connectivity index (χ4n) is 2.52. The minimum absolute atomic E-state index is 0.149. The Bertz CT molecular complexity index is 988. The van der Waals surface area contributed by atoms with E-state index in [-0.39, 0.29) is 11.7 Å². The molecule has 0 saturated carbocycles. The Kier molecular flexibility index (Phi) is 5.70. The molecular weight excluding hydrogens is 390 g/mol. The maximum atomic E-state index is 12.4. The molecule has 2 aromatic heterocycles. The number of carbonyl (C=O) groups excluding carboxylic acids is 1. The number of thioether (sulfide) groups is 1. The number of halogens is 1. The van der Waals surface area contributed by atoms with E-state index in [1.165, 1.54) is 22.2 Å². The lowest BCUT2D eigenvalue weighted by molar-refractivity contribution is -0.113. The van der Waals surface area contributed by atoms with Crippen LogP contribution in [-0.4, -0.2) is 28.7 Å². The number of carbonyl (C=O) groups is 1. The van der Waals surface area contributed by atoms with E-state index in [0.717, 1.165) is 15.2 Å². The van der Waals surface area contributed by atoms with Crippen molar-refractivity contribution in [2.75, 3.05) is 18.2 Å². The minimum atomic E-state index is -0.149. The molecule has 0 unspecified atom stereocenters. The summed E-state index contributed by atoms with van der Waals surface area (Å²) in [6, 6.07) is 5.11. The van der Waals surface area contributed by atoms with Crippen LogP contribution in [0.3, 0.4) is 0 Å². The molecule has 0 saturated heterocycles. The molecule has 1 amide bonds. The van der Waals surface area contributed by atoms with E-state index in [4.69, 9.17) is 16.3 Å². The largest absolute Gasteiger partial charge is 0.495 e. The van der Waals surface area contributed by atoms with E-state index in [0.29, 0.717) is 22.3 Å². The molecule has 0 atom stereocenters. The molecule has 3 rings (SSSR count). The number of methoxy groups -OCH3 is 1. The van der Waals surface area contributed by atoms with Crippen LogP contribution in [0.4, 0.5) is 5.69 Å². The van der Waals surface area contributed by atoms with Gasteiger partial charge in [0.25, 0.3) is 0 Å². The number of nitrogens with zero attached hydrogens (tertiary/aromatic N) is 2. The Morgan fingerprint density at radius 2 is 2.08 bits per heavy atom. The summed E-state index contributed by atoms with van der Waals surface area (Å²) >= 11 is 9.07. The average Bonchev–Trinajstić information content (AvgIpc) is 2.87. The molecule has 0 aliphatic carbocycles. The molecule has 0 bridgehead atoms. The van der Waals surface area contributed by atoms with Gasteiger partial charge in [-0.2, -0.15) is 0 Å². The van der Waals surface area contributed by atoms with Crippen molar-refractivity contribution in [2.24, 2.45) is 0 Å².